The highest BCUT2D eigenvalue weighted by Crippen LogP contribution is 2.40. The van der Waals surface area contributed by atoms with Gasteiger partial charge in [0.25, 0.3) is 0 Å². The number of hydrogen-bond acceptors (Lipinski definition) is 2. The zero-order chi connectivity index (χ0) is 12.2. The van der Waals surface area contributed by atoms with Crippen LogP contribution < -0.4 is 0 Å². The fraction of sp³-hybridized carbons (Fsp3) is 0.222. The molecule has 0 amide bonds. The maximum absolute atomic E-state index is 13.1. The van der Waals surface area contributed by atoms with E-state index in [4.69, 9.17) is 5.11 Å². The number of benzene rings is 1. The topological polar surface area (TPSA) is 37.3 Å². The molecule has 2 unspecified atom stereocenters. The zero-order valence-electron chi connectivity index (χ0n) is 7.40. The predicted molar refractivity (Wildman–Crippen MR) is 40.0 cm³/mol. The Kier molecular flexibility index (Phi) is 2.23. The number of ketones is 1. The first-order valence-electron chi connectivity index (χ1n) is 4.11. The molecule has 1 aliphatic carbocycles. The molecule has 1 aromatic carbocycles. The van der Waals surface area contributed by atoms with Crippen molar-refractivity contribution in [2.24, 2.45) is 0 Å². The summed E-state index contributed by atoms with van der Waals surface area (Å²) in [6.45, 7) is 0. The summed E-state index contributed by atoms with van der Waals surface area (Å²) in [5.41, 5.74) is -1.27. The van der Waals surface area contributed by atoms with Crippen LogP contribution in [-0.2, 0) is 4.79 Å². The largest absolute Gasteiger partial charge is 0.384 e. The van der Waals surface area contributed by atoms with Crippen molar-refractivity contribution in [2.45, 2.75) is 12.0 Å². The van der Waals surface area contributed by atoms with Crippen LogP contribution in [0.25, 0.3) is 0 Å². The minimum absolute atomic E-state index is 0.969. The van der Waals surface area contributed by atoms with Gasteiger partial charge in [-0.1, -0.05) is 0 Å². The molecule has 86 valence electrons. The van der Waals surface area contributed by atoms with Gasteiger partial charge in [-0.05, 0) is 0 Å². The van der Waals surface area contributed by atoms with Crippen LogP contribution in [0.2, 0.25) is 0 Å². The Morgan fingerprint density at radius 1 is 0.812 bits per heavy atom. The smallest absolute Gasteiger partial charge is 0.200 e. The zero-order valence-corrected chi connectivity index (χ0v) is 7.40. The van der Waals surface area contributed by atoms with Crippen molar-refractivity contribution < 1.29 is 31.9 Å². The molecule has 0 heterocycles. The van der Waals surface area contributed by atoms with Crippen LogP contribution in [0.15, 0.2) is 0 Å². The number of hydrogen-bond donors (Lipinski definition) is 1. The average molecular weight is 238 g/mol. The highest BCUT2D eigenvalue weighted by molar-refractivity contribution is 6.06. The van der Waals surface area contributed by atoms with Crippen LogP contribution >= 0.6 is 0 Å². The Morgan fingerprint density at radius 3 is 1.44 bits per heavy atom. The fourth-order valence-corrected chi connectivity index (χ4v) is 1.42. The second-order valence-electron chi connectivity index (χ2n) is 3.31. The van der Waals surface area contributed by atoms with Gasteiger partial charge in [0.05, 0.1) is 5.92 Å². The Bertz CT molecular complexity index is 470. The van der Waals surface area contributed by atoms with E-state index in [0.29, 0.717) is 0 Å². The minimum atomic E-state index is -2.29. The average Bonchev–Trinajstić information content (AvgIpc) is 2.83. The highest BCUT2D eigenvalue weighted by atomic mass is 19.2. The summed E-state index contributed by atoms with van der Waals surface area (Å²) in [5, 5.41) is 8.83. The Labute approximate surface area is 85.3 Å². The van der Waals surface area contributed by atoms with Crippen LogP contribution in [0.4, 0.5) is 22.0 Å². The van der Waals surface area contributed by atoms with E-state index in [1.165, 1.54) is 0 Å². The summed E-state index contributed by atoms with van der Waals surface area (Å²) >= 11 is 0. The molecule has 16 heavy (non-hydrogen) atoms. The Hall–Kier alpha value is -1.50. The van der Waals surface area contributed by atoms with Crippen molar-refractivity contribution in [3.05, 3.63) is 34.6 Å². The van der Waals surface area contributed by atoms with E-state index < -0.39 is 52.5 Å². The summed E-state index contributed by atoms with van der Waals surface area (Å²) in [6.07, 6.45) is -1.70. The van der Waals surface area contributed by atoms with Gasteiger partial charge < -0.3 is 5.11 Å². The van der Waals surface area contributed by atoms with Gasteiger partial charge >= 0.3 is 0 Å². The molecular formula is C9H3F5O2. The molecule has 0 spiro atoms. The monoisotopic (exact) mass is 238 g/mol. The molecule has 0 saturated heterocycles. The Morgan fingerprint density at radius 2 is 1.12 bits per heavy atom. The SMILES string of the molecule is O=C1C(O)C1c1c(F)c(F)c(F)c(F)c1F. The lowest BCUT2D eigenvalue weighted by molar-refractivity contribution is -0.112. The molecular weight excluding hydrogens is 235 g/mol. The molecule has 1 N–H and O–H groups in total. The van der Waals surface area contributed by atoms with Crippen molar-refractivity contribution >= 4 is 5.78 Å². The van der Waals surface area contributed by atoms with Gasteiger partial charge in [-0.25, -0.2) is 22.0 Å². The van der Waals surface area contributed by atoms with E-state index in [1.807, 2.05) is 0 Å². The quantitative estimate of drug-likeness (QED) is 0.456. The summed E-state index contributed by atoms with van der Waals surface area (Å²) in [5.74, 6) is -13.3. The lowest BCUT2D eigenvalue weighted by Crippen LogP contribution is -2.07. The number of carbonyl (C=O) groups excluding carboxylic acids is 1. The maximum Gasteiger partial charge on any atom is 0.200 e. The molecule has 0 bridgehead atoms. The van der Waals surface area contributed by atoms with Gasteiger partial charge in [0.2, 0.25) is 5.82 Å². The van der Waals surface area contributed by atoms with E-state index in [2.05, 4.69) is 0 Å². The molecule has 2 rings (SSSR count). The second-order valence-corrected chi connectivity index (χ2v) is 3.31. The van der Waals surface area contributed by atoms with E-state index in [1.54, 1.807) is 0 Å². The van der Waals surface area contributed by atoms with Gasteiger partial charge in [0.1, 0.15) is 6.10 Å². The van der Waals surface area contributed by atoms with Gasteiger partial charge in [-0.2, -0.15) is 0 Å². The van der Waals surface area contributed by atoms with E-state index in [9.17, 15) is 26.7 Å². The van der Waals surface area contributed by atoms with Gasteiger partial charge in [-0.3, -0.25) is 4.79 Å². The first kappa shape index (κ1) is 11.0. The van der Waals surface area contributed by atoms with Crippen LogP contribution in [0.5, 0.6) is 0 Å². The highest BCUT2D eigenvalue weighted by Gasteiger charge is 2.53. The molecule has 1 aliphatic rings. The minimum Gasteiger partial charge on any atom is -0.384 e. The first-order chi connectivity index (χ1) is 7.37. The van der Waals surface area contributed by atoms with Gasteiger partial charge in [0, 0.05) is 5.56 Å². The molecule has 0 radical (unpaired) electrons. The fourth-order valence-electron chi connectivity index (χ4n) is 1.42. The molecule has 1 saturated carbocycles. The van der Waals surface area contributed by atoms with Crippen molar-refractivity contribution in [1.82, 2.24) is 0 Å². The van der Waals surface area contributed by atoms with E-state index in [0.717, 1.165) is 0 Å². The second kappa shape index (κ2) is 3.24. The predicted octanol–water partition coefficient (Wildman–Crippen LogP) is 1.41. The van der Waals surface area contributed by atoms with Crippen LogP contribution in [0.1, 0.15) is 11.5 Å². The third kappa shape index (κ3) is 1.24. The first-order valence-corrected chi connectivity index (χ1v) is 4.11. The lowest BCUT2D eigenvalue weighted by atomic mass is 10.1. The molecule has 7 heteroatoms. The number of aliphatic hydroxyl groups excluding tert-OH is 1. The Balaban J connectivity index is 2.67. The number of aliphatic hydroxyl groups is 1. The number of rotatable bonds is 1. The number of halogens is 5. The number of Topliss-reactive ketones (excluding diaryl/α,β-unsaturated/α-hetero) is 1. The van der Waals surface area contributed by atoms with E-state index >= 15 is 0 Å². The van der Waals surface area contributed by atoms with Crippen molar-refractivity contribution in [3.8, 4) is 0 Å². The summed E-state index contributed by atoms with van der Waals surface area (Å²) in [6, 6.07) is 0. The standard InChI is InChI=1S/C9H3F5O2/c10-3-1(2-8(15)9(2)16)4(11)6(13)7(14)5(3)12/h2,8,15H. The molecule has 1 fully saturated rings. The van der Waals surface area contributed by atoms with Crippen molar-refractivity contribution in [2.75, 3.05) is 0 Å². The maximum atomic E-state index is 13.1. The summed E-state index contributed by atoms with van der Waals surface area (Å²) < 4.78 is 64.1. The number of carbonyl (C=O) groups is 1. The summed E-state index contributed by atoms with van der Waals surface area (Å²) in [7, 11) is 0. The third-order valence-electron chi connectivity index (χ3n) is 2.36. The molecule has 0 aliphatic heterocycles. The molecule has 1 aromatic rings. The third-order valence-corrected chi connectivity index (χ3v) is 2.36. The van der Waals surface area contributed by atoms with Crippen molar-refractivity contribution in [3.63, 3.8) is 0 Å². The van der Waals surface area contributed by atoms with Gasteiger partial charge in [0.15, 0.2) is 29.1 Å². The normalized spacial score (nSPS) is 23.8. The van der Waals surface area contributed by atoms with Crippen LogP contribution in [0, 0.1) is 29.1 Å². The van der Waals surface area contributed by atoms with Crippen molar-refractivity contribution in [1.29, 1.82) is 0 Å². The van der Waals surface area contributed by atoms with Gasteiger partial charge in [-0.15, -0.1) is 0 Å². The van der Waals surface area contributed by atoms with Crippen LogP contribution in [0.3, 0.4) is 0 Å². The molecule has 0 aromatic heterocycles. The summed E-state index contributed by atoms with van der Waals surface area (Å²) in [4.78, 5) is 10.7. The van der Waals surface area contributed by atoms with Crippen LogP contribution in [-0.4, -0.2) is 17.0 Å². The molecule has 2 nitrogen and oxygen atoms in total. The molecule has 2 atom stereocenters. The van der Waals surface area contributed by atoms with E-state index in [-0.39, 0.29) is 0 Å². The lowest BCUT2D eigenvalue weighted by Gasteiger charge is -2.05.